The van der Waals surface area contributed by atoms with Crippen LogP contribution in [-0.4, -0.2) is 25.0 Å². The molecule has 0 aromatic heterocycles. The predicted molar refractivity (Wildman–Crippen MR) is 214 cm³/mol. The molecule has 0 nitrogen and oxygen atoms in total. The minimum atomic E-state index is 1.29. The first-order valence-corrected chi connectivity index (χ1v) is 20.3. The van der Waals surface area contributed by atoms with Crippen LogP contribution in [0, 0.1) is 0 Å². The summed E-state index contributed by atoms with van der Waals surface area (Å²) in [7, 11) is 0. The third kappa shape index (κ3) is 4.41. The molecule has 0 spiro atoms. The molecule has 0 aliphatic heterocycles. The maximum atomic E-state index is 2.43. The third-order valence-electron chi connectivity index (χ3n) is 9.54. The summed E-state index contributed by atoms with van der Waals surface area (Å²) in [5, 5.41) is 20.8. The fourth-order valence-electron chi connectivity index (χ4n) is 7.35. The molecule has 0 saturated carbocycles. The van der Waals surface area contributed by atoms with Crippen LogP contribution in [0.4, 0.5) is 0 Å². The Labute approximate surface area is 285 Å². The number of hydrogen-bond donors (Lipinski definition) is 0. The zero-order chi connectivity index (χ0) is 31.1. The second kappa shape index (κ2) is 11.0. The lowest BCUT2D eigenvalue weighted by molar-refractivity contribution is 1.08. The van der Waals surface area contributed by atoms with Crippen LogP contribution in [0.15, 0.2) is 129 Å². The first-order valence-electron chi connectivity index (χ1n) is 15.4. The van der Waals surface area contributed by atoms with Crippen molar-refractivity contribution in [3.63, 3.8) is 0 Å². The summed E-state index contributed by atoms with van der Waals surface area (Å²) in [5.41, 5.74) is 0. The van der Waals surface area contributed by atoms with Gasteiger partial charge in [-0.05, 0) is 196 Å². The molecule has 9 rings (SSSR count). The molecule has 0 bridgehead atoms. The van der Waals surface area contributed by atoms with Crippen molar-refractivity contribution in [3.8, 4) is 0 Å². The maximum absolute atomic E-state index is 2.43. The SMILES string of the molecule is CSc1c(SC)c(SC)c2cc3cc4cc5cc6cc7cc8cc9ccccc9cc8cc7cc6cc5cc4cc3cc2c1SC. The van der Waals surface area contributed by atoms with Crippen molar-refractivity contribution in [1.82, 2.24) is 0 Å². The normalized spacial score (nSPS) is 12.3. The molecule has 0 atom stereocenters. The number of benzene rings is 9. The van der Waals surface area contributed by atoms with Gasteiger partial charge in [-0.2, -0.15) is 0 Å². The maximum Gasteiger partial charge on any atom is 0.0359 e. The fourth-order valence-corrected chi connectivity index (χ4v) is 11.5. The van der Waals surface area contributed by atoms with Crippen molar-refractivity contribution < 1.29 is 0 Å². The van der Waals surface area contributed by atoms with E-state index >= 15 is 0 Å². The van der Waals surface area contributed by atoms with Gasteiger partial charge in [0.25, 0.3) is 0 Å². The first-order chi connectivity index (χ1) is 22.5. The lowest BCUT2D eigenvalue weighted by Gasteiger charge is -2.19. The molecule has 0 heterocycles. The minimum Gasteiger partial charge on any atom is -0.128 e. The zero-order valence-corrected chi connectivity index (χ0v) is 29.3. The second-order valence-corrected chi connectivity index (χ2v) is 15.3. The summed E-state index contributed by atoms with van der Waals surface area (Å²) in [5.74, 6) is 0. The molecule has 0 amide bonds. The molecule has 9 aromatic rings. The van der Waals surface area contributed by atoms with Crippen molar-refractivity contribution in [3.05, 3.63) is 109 Å². The van der Waals surface area contributed by atoms with Crippen LogP contribution in [0.2, 0.25) is 0 Å². The average molecular weight is 663 g/mol. The van der Waals surface area contributed by atoms with Gasteiger partial charge in [-0.15, -0.1) is 47.0 Å². The topological polar surface area (TPSA) is 0 Å². The molecule has 46 heavy (non-hydrogen) atoms. The molecule has 0 aliphatic rings. The second-order valence-electron chi connectivity index (χ2n) is 12.1. The van der Waals surface area contributed by atoms with E-state index in [9.17, 15) is 0 Å². The minimum absolute atomic E-state index is 1.29. The summed E-state index contributed by atoms with van der Waals surface area (Å²) >= 11 is 7.49. The van der Waals surface area contributed by atoms with Gasteiger partial charge in [0, 0.05) is 19.6 Å². The van der Waals surface area contributed by atoms with E-state index in [1.54, 1.807) is 0 Å². The van der Waals surface area contributed by atoms with Gasteiger partial charge in [-0.3, -0.25) is 0 Å². The Balaban J connectivity index is 1.26. The van der Waals surface area contributed by atoms with Gasteiger partial charge in [-0.25, -0.2) is 0 Å². The van der Waals surface area contributed by atoms with Crippen LogP contribution in [0.3, 0.4) is 0 Å². The monoisotopic (exact) mass is 662 g/mol. The summed E-state index contributed by atoms with van der Waals surface area (Å²) in [6.45, 7) is 0. The fraction of sp³-hybridized carbons (Fsp3) is 0.0952. The highest BCUT2D eigenvalue weighted by Crippen LogP contribution is 2.48. The zero-order valence-electron chi connectivity index (χ0n) is 26.0. The van der Waals surface area contributed by atoms with Crippen LogP contribution in [0.25, 0.3) is 86.2 Å². The van der Waals surface area contributed by atoms with Crippen LogP contribution in [0.5, 0.6) is 0 Å². The quantitative estimate of drug-likeness (QED) is 0.136. The van der Waals surface area contributed by atoms with E-state index in [0.717, 1.165) is 0 Å². The van der Waals surface area contributed by atoms with Crippen molar-refractivity contribution >= 4 is 133 Å². The van der Waals surface area contributed by atoms with Crippen molar-refractivity contribution in [2.45, 2.75) is 19.6 Å². The van der Waals surface area contributed by atoms with Gasteiger partial charge >= 0.3 is 0 Å². The van der Waals surface area contributed by atoms with Crippen molar-refractivity contribution in [2.75, 3.05) is 25.0 Å². The van der Waals surface area contributed by atoms with Gasteiger partial charge in [0.15, 0.2) is 0 Å². The van der Waals surface area contributed by atoms with Crippen molar-refractivity contribution in [1.29, 1.82) is 0 Å². The Morgan fingerprint density at radius 2 is 0.478 bits per heavy atom. The number of rotatable bonds is 4. The van der Waals surface area contributed by atoms with E-state index in [4.69, 9.17) is 0 Å². The van der Waals surface area contributed by atoms with Gasteiger partial charge < -0.3 is 0 Å². The molecule has 222 valence electrons. The molecule has 0 radical (unpaired) electrons. The number of hydrogen-bond acceptors (Lipinski definition) is 4. The highest BCUT2D eigenvalue weighted by molar-refractivity contribution is 8.04. The summed E-state index contributed by atoms with van der Waals surface area (Å²) < 4.78 is 0. The highest BCUT2D eigenvalue weighted by atomic mass is 32.2. The summed E-state index contributed by atoms with van der Waals surface area (Å²) in [4.78, 5) is 5.60. The van der Waals surface area contributed by atoms with Crippen LogP contribution >= 0.6 is 47.0 Å². The van der Waals surface area contributed by atoms with Crippen molar-refractivity contribution in [2.24, 2.45) is 0 Å². The van der Waals surface area contributed by atoms with Gasteiger partial charge in [0.05, 0.1) is 0 Å². The molecular weight excluding hydrogens is 633 g/mol. The molecule has 0 fully saturated rings. The van der Waals surface area contributed by atoms with E-state index in [1.165, 1.54) is 106 Å². The molecular formula is C42H30S4. The Kier molecular flexibility index (Phi) is 6.87. The Morgan fingerprint density at radius 1 is 0.261 bits per heavy atom. The van der Waals surface area contributed by atoms with E-state index < -0.39 is 0 Å². The Morgan fingerprint density at radius 3 is 0.717 bits per heavy atom. The Hall–Kier alpha value is -3.54. The molecule has 0 saturated heterocycles. The third-order valence-corrected chi connectivity index (χ3v) is 13.2. The summed E-state index contributed by atoms with van der Waals surface area (Å²) in [6.07, 6.45) is 8.85. The molecule has 4 heteroatoms. The number of thioether (sulfide) groups is 4. The van der Waals surface area contributed by atoms with E-state index in [-0.39, 0.29) is 0 Å². The van der Waals surface area contributed by atoms with E-state index in [0.29, 0.717) is 0 Å². The average Bonchev–Trinajstić information content (AvgIpc) is 3.07. The van der Waals surface area contributed by atoms with Gasteiger partial charge in [-0.1, -0.05) is 24.3 Å². The predicted octanol–water partition coefficient (Wildman–Crippen LogP) is 13.8. The lowest BCUT2D eigenvalue weighted by atomic mass is 9.94. The number of fused-ring (bicyclic) bond motifs is 8. The standard InChI is InChI=1S/C42H30S4/c1-43-39-37-21-35-19-33-17-31-15-29-13-27-11-25-9-23-7-5-6-8-24(23)10-26(25)12-28(27)14-30(29)16-32(31)18-34(33)20-36(35)22-38(37)40(44-2)42(46-4)41(39)45-3/h5-22H,1-4H3. The molecule has 0 N–H and O–H groups in total. The van der Waals surface area contributed by atoms with Crippen LogP contribution in [0.1, 0.15) is 0 Å². The molecule has 0 unspecified atom stereocenters. The first kappa shape index (κ1) is 28.7. The largest absolute Gasteiger partial charge is 0.128 e. The van der Waals surface area contributed by atoms with Gasteiger partial charge in [0.2, 0.25) is 0 Å². The smallest absolute Gasteiger partial charge is 0.0359 e. The van der Waals surface area contributed by atoms with Gasteiger partial charge in [0.1, 0.15) is 0 Å². The highest BCUT2D eigenvalue weighted by Gasteiger charge is 2.19. The summed E-state index contributed by atoms with van der Waals surface area (Å²) in [6, 6.07) is 41.9. The molecule has 0 aliphatic carbocycles. The van der Waals surface area contributed by atoms with E-state index in [2.05, 4.69) is 134 Å². The van der Waals surface area contributed by atoms with Crippen LogP contribution < -0.4 is 0 Å². The Bertz CT molecular complexity index is 2560. The van der Waals surface area contributed by atoms with E-state index in [1.807, 2.05) is 47.0 Å². The van der Waals surface area contributed by atoms with Crippen LogP contribution in [-0.2, 0) is 0 Å². The molecule has 9 aromatic carbocycles. The lowest BCUT2D eigenvalue weighted by Crippen LogP contribution is -1.91.